The molecule has 0 unspecified atom stereocenters. The first-order valence-electron chi connectivity index (χ1n) is 4.83. The van der Waals surface area contributed by atoms with Gasteiger partial charge in [-0.2, -0.15) is 0 Å². The quantitative estimate of drug-likeness (QED) is 0.601. The summed E-state index contributed by atoms with van der Waals surface area (Å²) < 4.78 is 12.9. The zero-order valence-corrected chi connectivity index (χ0v) is 9.24. The van der Waals surface area contributed by atoms with Gasteiger partial charge in [-0.1, -0.05) is 0 Å². The minimum Gasteiger partial charge on any atom is -0.330 e. The number of benzene rings is 1. The number of halogens is 1. The monoisotopic (exact) mass is 213 g/mol. The van der Waals surface area contributed by atoms with E-state index in [1.165, 1.54) is 6.07 Å². The Kier molecular flexibility index (Phi) is 4.98. The van der Waals surface area contributed by atoms with Crippen LogP contribution in [0.1, 0.15) is 18.4 Å². The molecule has 1 nitrogen and oxygen atoms in total. The van der Waals surface area contributed by atoms with Crippen LogP contribution in [0.15, 0.2) is 23.1 Å². The molecule has 0 saturated heterocycles. The highest BCUT2D eigenvalue weighted by Gasteiger charge is 1.99. The van der Waals surface area contributed by atoms with Gasteiger partial charge in [0.1, 0.15) is 5.82 Å². The first-order chi connectivity index (χ1) is 6.74. The van der Waals surface area contributed by atoms with Crippen molar-refractivity contribution in [2.24, 2.45) is 5.73 Å². The molecule has 0 heterocycles. The van der Waals surface area contributed by atoms with Crippen molar-refractivity contribution in [3.05, 3.63) is 29.6 Å². The Hall–Kier alpha value is -0.540. The van der Waals surface area contributed by atoms with E-state index in [4.69, 9.17) is 5.73 Å². The number of hydrogen-bond donors (Lipinski definition) is 1. The minimum atomic E-state index is -0.128. The lowest BCUT2D eigenvalue weighted by Crippen LogP contribution is -1.98. The van der Waals surface area contributed by atoms with Crippen molar-refractivity contribution in [3.63, 3.8) is 0 Å². The van der Waals surface area contributed by atoms with Crippen molar-refractivity contribution in [2.75, 3.05) is 12.3 Å². The molecule has 0 atom stereocenters. The molecular weight excluding hydrogens is 197 g/mol. The summed E-state index contributed by atoms with van der Waals surface area (Å²) in [5, 5.41) is 0. The smallest absolute Gasteiger partial charge is 0.126 e. The molecule has 78 valence electrons. The Balaban J connectivity index is 2.39. The van der Waals surface area contributed by atoms with E-state index in [0.717, 1.165) is 30.0 Å². The third-order valence-corrected chi connectivity index (χ3v) is 3.08. The number of hydrogen-bond acceptors (Lipinski definition) is 2. The van der Waals surface area contributed by atoms with Gasteiger partial charge in [0.2, 0.25) is 0 Å². The number of rotatable bonds is 5. The van der Waals surface area contributed by atoms with Crippen LogP contribution in [0, 0.1) is 12.7 Å². The van der Waals surface area contributed by atoms with Gasteiger partial charge in [0.25, 0.3) is 0 Å². The molecule has 0 aliphatic rings. The SMILES string of the molecule is Cc1cc(SCCCCN)ccc1F. The molecule has 3 heteroatoms. The van der Waals surface area contributed by atoms with E-state index >= 15 is 0 Å². The van der Waals surface area contributed by atoms with Gasteiger partial charge < -0.3 is 5.73 Å². The Morgan fingerprint density at radius 3 is 2.79 bits per heavy atom. The van der Waals surface area contributed by atoms with Gasteiger partial charge in [0, 0.05) is 4.90 Å². The van der Waals surface area contributed by atoms with Crippen molar-refractivity contribution >= 4 is 11.8 Å². The summed E-state index contributed by atoms with van der Waals surface area (Å²) >= 11 is 1.76. The Morgan fingerprint density at radius 2 is 2.14 bits per heavy atom. The summed E-state index contributed by atoms with van der Waals surface area (Å²) in [6, 6.07) is 5.25. The summed E-state index contributed by atoms with van der Waals surface area (Å²) in [5.41, 5.74) is 6.11. The van der Waals surface area contributed by atoms with Crippen LogP contribution in [0.2, 0.25) is 0 Å². The van der Waals surface area contributed by atoms with Crippen LogP contribution >= 0.6 is 11.8 Å². The third kappa shape index (κ3) is 3.68. The maximum Gasteiger partial charge on any atom is 0.126 e. The number of nitrogens with two attached hydrogens (primary N) is 1. The zero-order valence-electron chi connectivity index (χ0n) is 8.42. The molecule has 0 aliphatic heterocycles. The molecule has 0 amide bonds. The van der Waals surface area contributed by atoms with E-state index in [0.29, 0.717) is 5.56 Å². The second-order valence-electron chi connectivity index (χ2n) is 3.26. The van der Waals surface area contributed by atoms with Crippen LogP contribution in [-0.4, -0.2) is 12.3 Å². The van der Waals surface area contributed by atoms with Gasteiger partial charge in [-0.05, 0) is 55.8 Å². The van der Waals surface area contributed by atoms with E-state index in [1.807, 2.05) is 12.1 Å². The standard InChI is InChI=1S/C11H16FNS/c1-9-8-10(4-5-11(9)12)14-7-3-2-6-13/h4-5,8H,2-3,6-7,13H2,1H3. The van der Waals surface area contributed by atoms with Gasteiger partial charge >= 0.3 is 0 Å². The maximum absolute atomic E-state index is 12.9. The normalized spacial score (nSPS) is 10.5. The third-order valence-electron chi connectivity index (χ3n) is 2.00. The molecule has 1 aromatic rings. The first-order valence-corrected chi connectivity index (χ1v) is 5.81. The van der Waals surface area contributed by atoms with Crippen LogP contribution in [0.25, 0.3) is 0 Å². The highest BCUT2D eigenvalue weighted by molar-refractivity contribution is 7.99. The number of thioether (sulfide) groups is 1. The Morgan fingerprint density at radius 1 is 1.36 bits per heavy atom. The van der Waals surface area contributed by atoms with E-state index < -0.39 is 0 Å². The first kappa shape index (κ1) is 11.5. The van der Waals surface area contributed by atoms with Crippen molar-refractivity contribution < 1.29 is 4.39 Å². The maximum atomic E-state index is 12.9. The van der Waals surface area contributed by atoms with Crippen LogP contribution in [0.4, 0.5) is 4.39 Å². The summed E-state index contributed by atoms with van der Waals surface area (Å²) in [5.74, 6) is 0.929. The molecule has 0 radical (unpaired) electrons. The van der Waals surface area contributed by atoms with E-state index in [1.54, 1.807) is 18.7 Å². The average Bonchev–Trinajstić information content (AvgIpc) is 2.18. The zero-order chi connectivity index (χ0) is 10.4. The van der Waals surface area contributed by atoms with Gasteiger partial charge in [0.15, 0.2) is 0 Å². The van der Waals surface area contributed by atoms with Gasteiger partial charge in [0.05, 0.1) is 0 Å². The molecule has 0 bridgehead atoms. The topological polar surface area (TPSA) is 26.0 Å². The lowest BCUT2D eigenvalue weighted by atomic mass is 10.2. The lowest BCUT2D eigenvalue weighted by molar-refractivity contribution is 0.617. The number of aryl methyl sites for hydroxylation is 1. The summed E-state index contributed by atoms with van der Waals surface area (Å²) in [6.45, 7) is 2.54. The highest BCUT2D eigenvalue weighted by atomic mass is 32.2. The minimum absolute atomic E-state index is 0.128. The van der Waals surface area contributed by atoms with Crippen molar-refractivity contribution in [3.8, 4) is 0 Å². The predicted molar refractivity (Wildman–Crippen MR) is 60.1 cm³/mol. The number of unbranched alkanes of at least 4 members (excludes halogenated alkanes) is 1. The summed E-state index contributed by atoms with van der Waals surface area (Å²) in [6.07, 6.45) is 2.19. The fourth-order valence-corrected chi connectivity index (χ4v) is 2.15. The summed E-state index contributed by atoms with van der Waals surface area (Å²) in [4.78, 5) is 1.14. The molecule has 0 aliphatic carbocycles. The van der Waals surface area contributed by atoms with Gasteiger partial charge in [-0.3, -0.25) is 0 Å². The Labute approximate surface area is 88.9 Å². The molecule has 1 rings (SSSR count). The van der Waals surface area contributed by atoms with E-state index in [2.05, 4.69) is 0 Å². The fraction of sp³-hybridized carbons (Fsp3) is 0.455. The predicted octanol–water partition coefficient (Wildman–Crippen LogP) is 2.97. The van der Waals surface area contributed by atoms with Crippen LogP contribution in [0.3, 0.4) is 0 Å². The van der Waals surface area contributed by atoms with Crippen LogP contribution in [0.5, 0.6) is 0 Å². The van der Waals surface area contributed by atoms with Crippen molar-refractivity contribution in [2.45, 2.75) is 24.7 Å². The van der Waals surface area contributed by atoms with Crippen LogP contribution < -0.4 is 5.73 Å². The average molecular weight is 213 g/mol. The molecule has 14 heavy (non-hydrogen) atoms. The van der Waals surface area contributed by atoms with E-state index in [9.17, 15) is 4.39 Å². The van der Waals surface area contributed by atoms with Crippen LogP contribution in [-0.2, 0) is 0 Å². The fourth-order valence-electron chi connectivity index (χ4n) is 1.14. The molecule has 0 fully saturated rings. The largest absolute Gasteiger partial charge is 0.330 e. The van der Waals surface area contributed by atoms with Crippen molar-refractivity contribution in [1.82, 2.24) is 0 Å². The van der Waals surface area contributed by atoms with Gasteiger partial charge in [-0.25, -0.2) is 4.39 Å². The molecule has 2 N–H and O–H groups in total. The van der Waals surface area contributed by atoms with Crippen molar-refractivity contribution in [1.29, 1.82) is 0 Å². The Bertz CT molecular complexity index is 289. The molecule has 0 aromatic heterocycles. The molecule has 1 aromatic carbocycles. The lowest BCUT2D eigenvalue weighted by Gasteiger charge is -2.02. The van der Waals surface area contributed by atoms with E-state index in [-0.39, 0.29) is 5.82 Å². The second-order valence-corrected chi connectivity index (χ2v) is 4.42. The molecule has 0 saturated carbocycles. The molecular formula is C11H16FNS. The summed E-state index contributed by atoms with van der Waals surface area (Å²) in [7, 11) is 0. The second kappa shape index (κ2) is 6.04. The highest BCUT2D eigenvalue weighted by Crippen LogP contribution is 2.21. The van der Waals surface area contributed by atoms with Gasteiger partial charge in [-0.15, -0.1) is 11.8 Å². The molecule has 0 spiro atoms.